The number of benzene rings is 1. The fourth-order valence-electron chi connectivity index (χ4n) is 2.30. The van der Waals surface area contributed by atoms with E-state index in [-0.39, 0.29) is 6.67 Å². The zero-order valence-electron chi connectivity index (χ0n) is 11.1. The number of fused-ring (bicyclic) bond motifs is 3. The van der Waals surface area contributed by atoms with Gasteiger partial charge in [0.05, 0.1) is 11.0 Å². The van der Waals surface area contributed by atoms with E-state index in [1.807, 2.05) is 36.3 Å². The molecule has 0 aliphatic heterocycles. The molecule has 3 rings (SSSR count). The van der Waals surface area contributed by atoms with Crippen LogP contribution < -0.4 is 4.90 Å². The molecule has 4 heteroatoms. The molecule has 0 saturated carbocycles. The summed E-state index contributed by atoms with van der Waals surface area (Å²) in [5.41, 5.74) is 5.18. The third-order valence-electron chi connectivity index (χ3n) is 3.40. The Hall–Kier alpha value is -2.10. The van der Waals surface area contributed by atoms with Crippen molar-refractivity contribution in [3.05, 3.63) is 42.1 Å². The molecule has 0 unspecified atom stereocenters. The van der Waals surface area contributed by atoms with Gasteiger partial charge in [-0.25, -0.2) is 9.37 Å². The number of pyridine rings is 1. The van der Waals surface area contributed by atoms with Crippen LogP contribution >= 0.6 is 0 Å². The average molecular weight is 257 g/mol. The summed E-state index contributed by atoms with van der Waals surface area (Å²) in [5.74, 6) is 0. The van der Waals surface area contributed by atoms with Gasteiger partial charge < -0.3 is 4.90 Å². The van der Waals surface area contributed by atoms with E-state index in [1.165, 1.54) is 5.56 Å². The smallest absolute Gasteiger partial charge is 0.139 e. The number of rotatable bonds is 3. The summed E-state index contributed by atoms with van der Waals surface area (Å²) in [6.45, 7) is 2.12. The lowest BCUT2D eigenvalue weighted by Crippen LogP contribution is -2.19. The van der Waals surface area contributed by atoms with E-state index >= 15 is 0 Å². The predicted molar refractivity (Wildman–Crippen MR) is 76.7 cm³/mol. The van der Waals surface area contributed by atoms with Crippen LogP contribution in [0, 0.1) is 6.92 Å². The summed E-state index contributed by atoms with van der Waals surface area (Å²) in [5, 5.41) is 0. The van der Waals surface area contributed by atoms with Gasteiger partial charge in [0.25, 0.3) is 0 Å². The lowest BCUT2D eigenvalue weighted by Gasteiger charge is -2.17. The zero-order valence-corrected chi connectivity index (χ0v) is 11.1. The van der Waals surface area contributed by atoms with Gasteiger partial charge in [0.1, 0.15) is 12.3 Å². The number of halogens is 1. The van der Waals surface area contributed by atoms with E-state index in [0.717, 1.165) is 22.4 Å². The van der Waals surface area contributed by atoms with Crippen LogP contribution in [0.2, 0.25) is 0 Å². The van der Waals surface area contributed by atoms with Gasteiger partial charge in [0, 0.05) is 31.5 Å². The number of hydrogen-bond donors (Lipinski definition) is 0. The number of aromatic nitrogens is 2. The molecular formula is C15H16FN3. The maximum Gasteiger partial charge on any atom is 0.139 e. The predicted octanol–water partition coefficient (Wildman–Crippen LogP) is 3.20. The van der Waals surface area contributed by atoms with Gasteiger partial charge in [-0.1, -0.05) is 6.07 Å². The lowest BCUT2D eigenvalue weighted by molar-refractivity contribution is 0.497. The monoisotopic (exact) mass is 257 g/mol. The molecule has 0 bridgehead atoms. The molecule has 0 radical (unpaired) electrons. The second-order valence-electron chi connectivity index (χ2n) is 4.83. The Morgan fingerprint density at radius 1 is 1.26 bits per heavy atom. The first kappa shape index (κ1) is 12.0. The molecule has 0 aliphatic rings. The first-order valence-corrected chi connectivity index (χ1v) is 6.34. The van der Waals surface area contributed by atoms with Gasteiger partial charge in [-0.05, 0) is 30.7 Å². The first-order chi connectivity index (χ1) is 9.19. The molecule has 0 spiro atoms. The van der Waals surface area contributed by atoms with Crippen molar-refractivity contribution in [3.63, 3.8) is 0 Å². The van der Waals surface area contributed by atoms with Gasteiger partial charge >= 0.3 is 0 Å². The molecule has 19 heavy (non-hydrogen) atoms. The molecular weight excluding hydrogens is 241 g/mol. The highest BCUT2D eigenvalue weighted by molar-refractivity contribution is 5.82. The van der Waals surface area contributed by atoms with E-state index in [1.54, 1.807) is 0 Å². The summed E-state index contributed by atoms with van der Waals surface area (Å²) >= 11 is 0. The van der Waals surface area contributed by atoms with Crippen molar-refractivity contribution in [1.82, 2.24) is 9.38 Å². The SMILES string of the molecule is Cc1ccc2nc3cc(N(C)CCF)ccn3c2c1. The summed E-state index contributed by atoms with van der Waals surface area (Å²) < 4.78 is 14.5. The van der Waals surface area contributed by atoms with Crippen molar-refractivity contribution in [1.29, 1.82) is 0 Å². The van der Waals surface area contributed by atoms with Gasteiger partial charge in [0.15, 0.2) is 0 Å². The third kappa shape index (κ3) is 2.03. The van der Waals surface area contributed by atoms with Crippen LogP contribution in [-0.2, 0) is 0 Å². The van der Waals surface area contributed by atoms with Crippen molar-refractivity contribution in [2.24, 2.45) is 0 Å². The van der Waals surface area contributed by atoms with Crippen LogP contribution in [0.3, 0.4) is 0 Å². The Balaban J connectivity index is 2.16. The Labute approximate surface area is 111 Å². The van der Waals surface area contributed by atoms with Crippen molar-refractivity contribution in [2.75, 3.05) is 25.2 Å². The maximum absolute atomic E-state index is 12.4. The number of aryl methyl sites for hydroxylation is 1. The van der Waals surface area contributed by atoms with Crippen LogP contribution in [0.25, 0.3) is 16.7 Å². The van der Waals surface area contributed by atoms with Gasteiger partial charge in [-0.2, -0.15) is 0 Å². The molecule has 0 fully saturated rings. The van der Waals surface area contributed by atoms with Crippen LogP contribution in [0.4, 0.5) is 10.1 Å². The fourth-order valence-corrected chi connectivity index (χ4v) is 2.30. The van der Waals surface area contributed by atoms with Gasteiger partial charge in [-0.15, -0.1) is 0 Å². The molecule has 0 aliphatic carbocycles. The minimum atomic E-state index is -0.350. The van der Waals surface area contributed by atoms with Crippen LogP contribution in [0.15, 0.2) is 36.5 Å². The van der Waals surface area contributed by atoms with Crippen LogP contribution in [0.5, 0.6) is 0 Å². The molecule has 0 amide bonds. The zero-order chi connectivity index (χ0) is 13.4. The maximum atomic E-state index is 12.4. The van der Waals surface area contributed by atoms with Crippen molar-refractivity contribution in [3.8, 4) is 0 Å². The van der Waals surface area contributed by atoms with Crippen molar-refractivity contribution >= 4 is 22.4 Å². The number of anilines is 1. The van der Waals surface area contributed by atoms with Gasteiger partial charge in [-0.3, -0.25) is 4.40 Å². The number of alkyl halides is 1. The topological polar surface area (TPSA) is 20.5 Å². The Kier molecular flexibility index (Phi) is 2.85. The van der Waals surface area contributed by atoms with Crippen LogP contribution in [0.1, 0.15) is 5.56 Å². The normalized spacial score (nSPS) is 11.3. The van der Waals surface area contributed by atoms with E-state index in [9.17, 15) is 4.39 Å². The highest BCUT2D eigenvalue weighted by Gasteiger charge is 2.07. The minimum absolute atomic E-state index is 0.350. The molecule has 3 nitrogen and oxygen atoms in total. The molecule has 2 aromatic heterocycles. The Morgan fingerprint density at radius 3 is 2.89 bits per heavy atom. The number of hydrogen-bond acceptors (Lipinski definition) is 2. The highest BCUT2D eigenvalue weighted by atomic mass is 19.1. The standard InChI is InChI=1S/C15H16FN3/c1-11-3-4-13-14(9-11)19-7-5-12(10-15(19)17-13)18(2)8-6-16/h3-5,7,9-10H,6,8H2,1-2H3. The quantitative estimate of drug-likeness (QED) is 0.718. The fraction of sp³-hybridized carbons (Fsp3) is 0.267. The first-order valence-electron chi connectivity index (χ1n) is 6.34. The summed E-state index contributed by atoms with van der Waals surface area (Å²) in [6, 6.07) is 10.2. The lowest BCUT2D eigenvalue weighted by atomic mass is 10.2. The molecule has 0 atom stereocenters. The number of nitrogens with zero attached hydrogens (tertiary/aromatic N) is 3. The molecule has 1 aromatic carbocycles. The largest absolute Gasteiger partial charge is 0.372 e. The van der Waals surface area contributed by atoms with Gasteiger partial charge in [0.2, 0.25) is 0 Å². The van der Waals surface area contributed by atoms with E-state index < -0.39 is 0 Å². The van der Waals surface area contributed by atoms with E-state index in [0.29, 0.717) is 6.54 Å². The van der Waals surface area contributed by atoms with E-state index in [2.05, 4.69) is 28.4 Å². The van der Waals surface area contributed by atoms with Crippen molar-refractivity contribution < 1.29 is 4.39 Å². The molecule has 0 N–H and O–H groups in total. The summed E-state index contributed by atoms with van der Waals surface area (Å²) in [7, 11) is 1.89. The minimum Gasteiger partial charge on any atom is -0.372 e. The number of imidazole rings is 1. The molecule has 98 valence electrons. The average Bonchev–Trinajstić information content (AvgIpc) is 2.76. The van der Waals surface area contributed by atoms with Crippen LogP contribution in [-0.4, -0.2) is 29.7 Å². The summed E-state index contributed by atoms with van der Waals surface area (Å²) in [6.07, 6.45) is 1.99. The Bertz CT molecular complexity index is 733. The third-order valence-corrected chi connectivity index (χ3v) is 3.40. The second kappa shape index (κ2) is 4.53. The molecule has 0 saturated heterocycles. The highest BCUT2D eigenvalue weighted by Crippen LogP contribution is 2.21. The summed E-state index contributed by atoms with van der Waals surface area (Å²) in [4.78, 5) is 6.50. The second-order valence-corrected chi connectivity index (χ2v) is 4.83. The molecule has 2 heterocycles. The van der Waals surface area contributed by atoms with Crippen molar-refractivity contribution in [2.45, 2.75) is 6.92 Å². The Morgan fingerprint density at radius 2 is 2.11 bits per heavy atom. The van der Waals surface area contributed by atoms with E-state index in [4.69, 9.17) is 0 Å². The molecule has 3 aromatic rings.